The van der Waals surface area contributed by atoms with Crippen molar-refractivity contribution in [2.75, 3.05) is 13.1 Å². The van der Waals surface area contributed by atoms with Crippen LogP contribution in [-0.2, 0) is 11.2 Å². The number of hydrogen-bond donors (Lipinski definition) is 0. The van der Waals surface area contributed by atoms with Gasteiger partial charge in [-0.25, -0.2) is 4.98 Å². The van der Waals surface area contributed by atoms with Crippen LogP contribution in [0.15, 0.2) is 39.8 Å². The Morgan fingerprint density at radius 2 is 2.16 bits per heavy atom. The van der Waals surface area contributed by atoms with E-state index in [-0.39, 0.29) is 11.8 Å². The molecule has 1 amide bonds. The second-order valence-electron chi connectivity index (χ2n) is 5.98. The summed E-state index contributed by atoms with van der Waals surface area (Å²) in [5, 5.41) is 5.95. The average molecular weight is 355 g/mol. The van der Waals surface area contributed by atoms with Crippen molar-refractivity contribution in [3.8, 4) is 11.5 Å². The molecule has 8 heteroatoms. The zero-order chi connectivity index (χ0) is 17.1. The molecule has 0 unspecified atom stereocenters. The van der Waals surface area contributed by atoms with Crippen molar-refractivity contribution >= 4 is 17.2 Å². The normalized spacial score (nSPS) is 15.4. The van der Waals surface area contributed by atoms with E-state index in [4.69, 9.17) is 4.52 Å². The first-order valence-corrected chi connectivity index (χ1v) is 9.14. The van der Waals surface area contributed by atoms with Crippen molar-refractivity contribution < 1.29 is 9.32 Å². The van der Waals surface area contributed by atoms with Gasteiger partial charge in [0, 0.05) is 30.6 Å². The quantitative estimate of drug-likeness (QED) is 0.715. The van der Waals surface area contributed by atoms with Gasteiger partial charge in [-0.2, -0.15) is 4.98 Å². The maximum absolute atomic E-state index is 12.3. The number of carbonyl (C=O) groups excluding carboxylic acids is 1. The zero-order valence-electron chi connectivity index (χ0n) is 13.5. The van der Waals surface area contributed by atoms with E-state index < -0.39 is 0 Å². The molecule has 3 aromatic rings. The zero-order valence-corrected chi connectivity index (χ0v) is 14.4. The second kappa shape index (κ2) is 7.10. The second-order valence-corrected chi connectivity index (χ2v) is 6.70. The van der Waals surface area contributed by atoms with Crippen molar-refractivity contribution in [3.05, 3.63) is 46.9 Å². The summed E-state index contributed by atoms with van der Waals surface area (Å²) in [6.07, 6.45) is 3.73. The molecule has 4 heterocycles. The highest BCUT2D eigenvalue weighted by molar-refractivity contribution is 7.07. The Kier molecular flexibility index (Phi) is 4.51. The third kappa shape index (κ3) is 3.58. The van der Waals surface area contributed by atoms with Crippen LogP contribution in [0.25, 0.3) is 11.5 Å². The van der Waals surface area contributed by atoms with E-state index in [1.165, 1.54) is 11.3 Å². The summed E-state index contributed by atoms with van der Waals surface area (Å²) in [6, 6.07) is 5.60. The van der Waals surface area contributed by atoms with E-state index in [1.54, 1.807) is 11.7 Å². The van der Waals surface area contributed by atoms with Gasteiger partial charge < -0.3 is 9.42 Å². The fourth-order valence-electron chi connectivity index (χ4n) is 2.97. The molecule has 1 aliphatic heterocycles. The van der Waals surface area contributed by atoms with Crippen LogP contribution in [0.2, 0.25) is 0 Å². The molecule has 0 aromatic carbocycles. The molecule has 0 spiro atoms. The number of carbonyl (C=O) groups is 1. The van der Waals surface area contributed by atoms with Crippen LogP contribution < -0.4 is 0 Å². The number of thiazole rings is 1. The van der Waals surface area contributed by atoms with Crippen LogP contribution >= 0.6 is 11.3 Å². The minimum Gasteiger partial charge on any atom is -0.342 e. The predicted molar refractivity (Wildman–Crippen MR) is 91.9 cm³/mol. The molecule has 1 saturated heterocycles. The van der Waals surface area contributed by atoms with Gasteiger partial charge in [-0.15, -0.1) is 11.3 Å². The molecule has 3 aromatic heterocycles. The SMILES string of the molecule is O=C(Cc1cscn1)N1CCC(c2nc(-c3ccccn3)no2)CC1. The summed E-state index contributed by atoms with van der Waals surface area (Å²) in [5.41, 5.74) is 3.30. The highest BCUT2D eigenvalue weighted by Gasteiger charge is 2.28. The summed E-state index contributed by atoms with van der Waals surface area (Å²) in [4.78, 5) is 27.1. The first-order chi connectivity index (χ1) is 12.3. The number of aromatic nitrogens is 4. The van der Waals surface area contributed by atoms with Crippen LogP contribution in [-0.4, -0.2) is 44.0 Å². The Morgan fingerprint density at radius 3 is 2.88 bits per heavy atom. The molecule has 25 heavy (non-hydrogen) atoms. The van der Waals surface area contributed by atoms with Crippen LogP contribution in [0.1, 0.15) is 30.3 Å². The van der Waals surface area contributed by atoms with Crippen molar-refractivity contribution in [1.82, 2.24) is 25.0 Å². The summed E-state index contributed by atoms with van der Waals surface area (Å²) in [7, 11) is 0. The smallest absolute Gasteiger partial charge is 0.230 e. The molecule has 1 fully saturated rings. The van der Waals surface area contributed by atoms with Crippen LogP contribution in [0.3, 0.4) is 0 Å². The molecule has 0 aliphatic carbocycles. The van der Waals surface area contributed by atoms with E-state index in [0.29, 0.717) is 36.9 Å². The highest BCUT2D eigenvalue weighted by atomic mass is 32.1. The number of pyridine rings is 1. The van der Waals surface area contributed by atoms with Crippen LogP contribution in [0.5, 0.6) is 0 Å². The standard InChI is InChI=1S/C17H17N5O2S/c23-15(9-13-10-25-11-19-13)22-7-4-12(5-8-22)17-20-16(21-24-17)14-3-1-2-6-18-14/h1-3,6,10-12H,4-5,7-9H2. The van der Waals surface area contributed by atoms with E-state index in [9.17, 15) is 4.79 Å². The lowest BCUT2D eigenvalue weighted by atomic mass is 9.96. The molecule has 128 valence electrons. The van der Waals surface area contributed by atoms with Crippen LogP contribution in [0.4, 0.5) is 0 Å². The monoisotopic (exact) mass is 355 g/mol. The van der Waals surface area contributed by atoms with Gasteiger partial charge in [0.25, 0.3) is 0 Å². The third-order valence-electron chi connectivity index (χ3n) is 4.35. The molecule has 0 bridgehead atoms. The van der Waals surface area contributed by atoms with Crippen molar-refractivity contribution in [2.45, 2.75) is 25.2 Å². The Bertz CT molecular complexity index is 826. The molecule has 0 atom stereocenters. The minimum atomic E-state index is 0.129. The first kappa shape index (κ1) is 15.9. The molecule has 0 radical (unpaired) electrons. The lowest BCUT2D eigenvalue weighted by Crippen LogP contribution is -2.38. The van der Waals surface area contributed by atoms with E-state index >= 15 is 0 Å². The summed E-state index contributed by atoms with van der Waals surface area (Å²) in [6.45, 7) is 1.41. The maximum Gasteiger partial charge on any atom is 0.230 e. The summed E-state index contributed by atoms with van der Waals surface area (Å²) in [5.74, 6) is 1.46. The Labute approximate surface area is 148 Å². The number of rotatable bonds is 4. The summed E-state index contributed by atoms with van der Waals surface area (Å²) < 4.78 is 5.43. The number of likely N-dealkylation sites (tertiary alicyclic amines) is 1. The van der Waals surface area contributed by atoms with E-state index in [0.717, 1.165) is 18.5 Å². The van der Waals surface area contributed by atoms with E-state index in [1.807, 2.05) is 28.5 Å². The topological polar surface area (TPSA) is 85.0 Å². The fourth-order valence-corrected chi connectivity index (χ4v) is 3.53. The summed E-state index contributed by atoms with van der Waals surface area (Å²) >= 11 is 1.51. The van der Waals surface area contributed by atoms with Gasteiger partial charge in [-0.1, -0.05) is 11.2 Å². The fraction of sp³-hybridized carbons (Fsp3) is 0.353. The number of amides is 1. The minimum absolute atomic E-state index is 0.129. The molecule has 0 N–H and O–H groups in total. The first-order valence-electron chi connectivity index (χ1n) is 8.19. The van der Waals surface area contributed by atoms with Gasteiger partial charge in [0.2, 0.25) is 17.6 Å². The van der Waals surface area contributed by atoms with E-state index in [2.05, 4.69) is 20.1 Å². The molecule has 7 nitrogen and oxygen atoms in total. The van der Waals surface area contributed by atoms with Gasteiger partial charge in [0.05, 0.1) is 17.6 Å². The van der Waals surface area contributed by atoms with Gasteiger partial charge in [-0.3, -0.25) is 9.78 Å². The molecule has 0 saturated carbocycles. The lowest BCUT2D eigenvalue weighted by Gasteiger charge is -2.30. The number of nitrogens with zero attached hydrogens (tertiary/aromatic N) is 5. The van der Waals surface area contributed by atoms with Crippen molar-refractivity contribution in [1.29, 1.82) is 0 Å². The number of piperidine rings is 1. The van der Waals surface area contributed by atoms with Gasteiger partial charge in [0.15, 0.2) is 0 Å². The Hall–Kier alpha value is -2.61. The maximum atomic E-state index is 12.3. The average Bonchev–Trinajstić information content (AvgIpc) is 3.34. The predicted octanol–water partition coefficient (Wildman–Crippen LogP) is 2.54. The van der Waals surface area contributed by atoms with Crippen LogP contribution in [0, 0.1) is 0 Å². The molecular formula is C17H17N5O2S. The Morgan fingerprint density at radius 1 is 1.28 bits per heavy atom. The molecule has 4 rings (SSSR count). The molecule has 1 aliphatic rings. The third-order valence-corrected chi connectivity index (χ3v) is 4.98. The largest absolute Gasteiger partial charge is 0.342 e. The van der Waals surface area contributed by atoms with Crippen molar-refractivity contribution in [2.24, 2.45) is 0 Å². The number of hydrogen-bond acceptors (Lipinski definition) is 7. The molecular weight excluding hydrogens is 338 g/mol. The highest BCUT2D eigenvalue weighted by Crippen LogP contribution is 2.28. The van der Waals surface area contributed by atoms with Crippen molar-refractivity contribution in [3.63, 3.8) is 0 Å². The van der Waals surface area contributed by atoms with Gasteiger partial charge >= 0.3 is 0 Å². The Balaban J connectivity index is 1.36. The van der Waals surface area contributed by atoms with Gasteiger partial charge in [-0.05, 0) is 25.0 Å². The van der Waals surface area contributed by atoms with Gasteiger partial charge in [0.1, 0.15) is 5.69 Å². The lowest BCUT2D eigenvalue weighted by molar-refractivity contribution is -0.131.